The lowest BCUT2D eigenvalue weighted by Gasteiger charge is -2.36. The molecule has 4 nitrogen and oxygen atoms in total. The summed E-state index contributed by atoms with van der Waals surface area (Å²) >= 11 is 6.19. The summed E-state index contributed by atoms with van der Waals surface area (Å²) in [5, 5.41) is 3.17. The zero-order valence-electron chi connectivity index (χ0n) is 10.7. The molecule has 5 heteroatoms. The minimum absolute atomic E-state index is 0.0164. The van der Waals surface area contributed by atoms with E-state index in [0.717, 1.165) is 12.8 Å². The molecule has 102 valence electrons. The number of benzene rings is 1. The molecule has 0 aliphatic heterocycles. The van der Waals surface area contributed by atoms with Crippen LogP contribution in [0.25, 0.3) is 0 Å². The summed E-state index contributed by atoms with van der Waals surface area (Å²) in [6.45, 7) is 0. The third-order valence-corrected chi connectivity index (χ3v) is 3.85. The molecular weight excluding hydrogens is 266 g/mol. The number of hydrogen-bond acceptors (Lipinski definition) is 3. The lowest BCUT2D eigenvalue weighted by molar-refractivity contribution is -0.127. The van der Waals surface area contributed by atoms with E-state index in [-0.39, 0.29) is 5.78 Å². The number of carbonyl (C=O) groups excluding carboxylic acids is 2. The Labute approximate surface area is 117 Å². The van der Waals surface area contributed by atoms with Crippen LogP contribution in [0.15, 0.2) is 24.3 Å². The Bertz CT molecular complexity index is 503. The van der Waals surface area contributed by atoms with E-state index in [9.17, 15) is 9.59 Å². The van der Waals surface area contributed by atoms with Crippen molar-refractivity contribution in [1.82, 2.24) is 5.32 Å². The SMILES string of the molecule is COC(=O)NC1(c2ccccc2Cl)CCCCC1=O. The predicted octanol–water partition coefficient (Wildman–Crippen LogP) is 3.03. The highest BCUT2D eigenvalue weighted by molar-refractivity contribution is 6.31. The molecule has 0 heterocycles. The van der Waals surface area contributed by atoms with E-state index in [2.05, 4.69) is 10.1 Å². The van der Waals surface area contributed by atoms with Crippen LogP contribution < -0.4 is 5.32 Å². The molecule has 1 aliphatic rings. The maximum absolute atomic E-state index is 12.4. The molecule has 0 saturated heterocycles. The zero-order valence-corrected chi connectivity index (χ0v) is 11.5. The Balaban J connectivity index is 2.47. The van der Waals surface area contributed by atoms with Gasteiger partial charge in [0.2, 0.25) is 0 Å². The van der Waals surface area contributed by atoms with Crippen LogP contribution in [-0.4, -0.2) is 19.0 Å². The van der Waals surface area contributed by atoms with Crippen LogP contribution in [0.5, 0.6) is 0 Å². The van der Waals surface area contributed by atoms with Gasteiger partial charge in [0, 0.05) is 17.0 Å². The van der Waals surface area contributed by atoms with E-state index in [1.165, 1.54) is 7.11 Å². The third kappa shape index (κ3) is 2.59. The monoisotopic (exact) mass is 281 g/mol. The number of carbonyl (C=O) groups is 2. The quantitative estimate of drug-likeness (QED) is 0.906. The van der Waals surface area contributed by atoms with Crippen LogP contribution in [0, 0.1) is 0 Å². The molecule has 0 radical (unpaired) electrons. The van der Waals surface area contributed by atoms with Gasteiger partial charge in [0.05, 0.1) is 7.11 Å². The fourth-order valence-corrected chi connectivity index (χ4v) is 2.84. The molecule has 19 heavy (non-hydrogen) atoms. The van der Waals surface area contributed by atoms with E-state index in [0.29, 0.717) is 23.4 Å². The molecule has 1 aliphatic carbocycles. The van der Waals surface area contributed by atoms with Crippen LogP contribution in [0.2, 0.25) is 5.02 Å². The Kier molecular flexibility index (Phi) is 4.10. The number of amides is 1. The van der Waals surface area contributed by atoms with Gasteiger partial charge in [-0.05, 0) is 25.3 Å². The molecule has 2 rings (SSSR count). The third-order valence-electron chi connectivity index (χ3n) is 3.52. The fourth-order valence-electron chi connectivity index (χ4n) is 2.55. The fraction of sp³-hybridized carbons (Fsp3) is 0.429. The Morgan fingerprint density at radius 2 is 2.11 bits per heavy atom. The van der Waals surface area contributed by atoms with Gasteiger partial charge in [-0.3, -0.25) is 4.79 Å². The van der Waals surface area contributed by atoms with E-state index >= 15 is 0 Å². The van der Waals surface area contributed by atoms with Crippen LogP contribution in [0.4, 0.5) is 4.79 Å². The maximum atomic E-state index is 12.4. The van der Waals surface area contributed by atoms with Crippen molar-refractivity contribution >= 4 is 23.5 Å². The molecule has 1 amide bonds. The zero-order chi connectivity index (χ0) is 13.9. The van der Waals surface area contributed by atoms with Crippen LogP contribution >= 0.6 is 11.6 Å². The molecule has 1 aromatic carbocycles. The average molecular weight is 282 g/mol. The number of nitrogens with one attached hydrogen (secondary N) is 1. The van der Waals surface area contributed by atoms with Gasteiger partial charge in [0.15, 0.2) is 5.78 Å². The van der Waals surface area contributed by atoms with Crippen LogP contribution in [-0.2, 0) is 15.1 Å². The first-order valence-corrected chi connectivity index (χ1v) is 6.62. The molecule has 0 bridgehead atoms. The Morgan fingerprint density at radius 3 is 2.74 bits per heavy atom. The van der Waals surface area contributed by atoms with Gasteiger partial charge >= 0.3 is 6.09 Å². The highest BCUT2D eigenvalue weighted by Crippen LogP contribution is 2.38. The molecule has 0 aromatic heterocycles. The first-order chi connectivity index (χ1) is 9.10. The highest BCUT2D eigenvalue weighted by Gasteiger charge is 2.44. The summed E-state index contributed by atoms with van der Waals surface area (Å²) in [4.78, 5) is 24.0. The summed E-state index contributed by atoms with van der Waals surface area (Å²) < 4.78 is 4.64. The largest absolute Gasteiger partial charge is 0.453 e. The number of rotatable bonds is 2. The lowest BCUT2D eigenvalue weighted by atomic mass is 9.75. The molecule has 1 fully saturated rings. The van der Waals surface area contributed by atoms with E-state index in [4.69, 9.17) is 11.6 Å². The van der Waals surface area contributed by atoms with Crippen LogP contribution in [0.1, 0.15) is 31.2 Å². The number of halogens is 1. The summed E-state index contributed by atoms with van der Waals surface area (Å²) in [6, 6.07) is 7.11. The molecular formula is C14H16ClNO3. The number of ether oxygens (including phenoxy) is 1. The number of ketones is 1. The summed E-state index contributed by atoms with van der Waals surface area (Å²) in [7, 11) is 1.28. The van der Waals surface area contributed by atoms with E-state index in [1.54, 1.807) is 18.2 Å². The minimum Gasteiger partial charge on any atom is -0.453 e. The molecule has 1 saturated carbocycles. The van der Waals surface area contributed by atoms with E-state index in [1.807, 2.05) is 6.07 Å². The van der Waals surface area contributed by atoms with Gasteiger partial charge < -0.3 is 10.1 Å². The normalized spacial score (nSPS) is 22.9. The second-order valence-corrected chi connectivity index (χ2v) is 5.04. The van der Waals surface area contributed by atoms with Crippen molar-refractivity contribution < 1.29 is 14.3 Å². The smallest absolute Gasteiger partial charge is 0.407 e. The van der Waals surface area contributed by atoms with E-state index < -0.39 is 11.6 Å². The first-order valence-electron chi connectivity index (χ1n) is 6.24. The van der Waals surface area contributed by atoms with Crippen molar-refractivity contribution in [1.29, 1.82) is 0 Å². The van der Waals surface area contributed by atoms with Gasteiger partial charge in [-0.1, -0.05) is 29.8 Å². The second-order valence-electron chi connectivity index (χ2n) is 4.63. The van der Waals surface area contributed by atoms with Crippen molar-refractivity contribution in [3.8, 4) is 0 Å². The highest BCUT2D eigenvalue weighted by atomic mass is 35.5. The molecule has 1 N–H and O–H groups in total. The molecule has 1 aromatic rings. The number of hydrogen-bond donors (Lipinski definition) is 1. The van der Waals surface area contributed by atoms with Crippen molar-refractivity contribution in [3.05, 3.63) is 34.9 Å². The van der Waals surface area contributed by atoms with Gasteiger partial charge in [0.1, 0.15) is 5.54 Å². The van der Waals surface area contributed by atoms with Gasteiger partial charge in [-0.15, -0.1) is 0 Å². The van der Waals surface area contributed by atoms with Gasteiger partial charge in [0.25, 0.3) is 0 Å². The first kappa shape index (κ1) is 13.9. The summed E-state index contributed by atoms with van der Waals surface area (Å²) in [6.07, 6.45) is 2.07. The topological polar surface area (TPSA) is 55.4 Å². The summed E-state index contributed by atoms with van der Waals surface area (Å²) in [5.41, 5.74) is -0.407. The van der Waals surface area contributed by atoms with Crippen molar-refractivity contribution in [2.45, 2.75) is 31.2 Å². The maximum Gasteiger partial charge on any atom is 0.407 e. The van der Waals surface area contributed by atoms with Crippen LogP contribution in [0.3, 0.4) is 0 Å². The van der Waals surface area contributed by atoms with Crippen molar-refractivity contribution in [2.75, 3.05) is 7.11 Å². The van der Waals surface area contributed by atoms with Crippen molar-refractivity contribution in [2.24, 2.45) is 0 Å². The standard InChI is InChI=1S/C14H16ClNO3/c1-19-13(18)16-14(9-5-4-8-12(14)17)10-6-2-3-7-11(10)15/h2-3,6-7H,4-5,8-9H2,1H3,(H,16,18). The Morgan fingerprint density at radius 1 is 1.37 bits per heavy atom. The average Bonchev–Trinajstić information content (AvgIpc) is 2.42. The summed E-state index contributed by atoms with van der Waals surface area (Å²) in [5.74, 6) is -0.0164. The molecule has 0 spiro atoms. The number of Topliss-reactive ketones (excluding diaryl/α,β-unsaturated/α-hetero) is 1. The Hall–Kier alpha value is -1.55. The minimum atomic E-state index is -1.05. The molecule has 1 atom stereocenters. The van der Waals surface area contributed by atoms with Crippen molar-refractivity contribution in [3.63, 3.8) is 0 Å². The van der Waals surface area contributed by atoms with Gasteiger partial charge in [-0.2, -0.15) is 0 Å². The predicted molar refractivity (Wildman–Crippen MR) is 72.1 cm³/mol. The molecule has 1 unspecified atom stereocenters. The second kappa shape index (κ2) is 5.61. The van der Waals surface area contributed by atoms with Gasteiger partial charge in [-0.25, -0.2) is 4.79 Å². The lowest BCUT2D eigenvalue weighted by Crippen LogP contribution is -2.53. The number of methoxy groups -OCH3 is 1. The number of alkyl carbamates (subject to hydrolysis) is 1.